The molecule has 0 bridgehead atoms. The molecule has 0 radical (unpaired) electrons. The van der Waals surface area contributed by atoms with E-state index in [4.69, 9.17) is 4.74 Å². The van der Waals surface area contributed by atoms with Gasteiger partial charge in [-0.05, 0) is 19.0 Å². The number of rotatable bonds is 9. The van der Waals surface area contributed by atoms with Gasteiger partial charge in [0.25, 0.3) is 0 Å². The molecule has 0 spiro atoms. The number of methoxy groups -OCH3 is 1. The normalized spacial score (nSPS) is 11.2. The minimum atomic E-state index is 0.0525. The highest BCUT2D eigenvalue weighted by Gasteiger charge is 2.03. The Balaban J connectivity index is 2.18. The Morgan fingerprint density at radius 1 is 1.35 bits per heavy atom. The van der Waals surface area contributed by atoms with Gasteiger partial charge in [0.2, 0.25) is 5.91 Å². The number of amides is 1. The molecule has 0 atom stereocenters. The second-order valence-electron chi connectivity index (χ2n) is 4.71. The maximum Gasteiger partial charge on any atom is 0.234 e. The summed E-state index contributed by atoms with van der Waals surface area (Å²) in [6.07, 6.45) is 4.97. The third kappa shape index (κ3) is 7.71. The molecule has 0 heterocycles. The van der Waals surface area contributed by atoms with Crippen LogP contribution in [0.4, 0.5) is 0 Å². The molecule has 1 aromatic carbocycles. The number of carbonyl (C=O) groups excluding carboxylic acids is 1. The number of nitrogens with zero attached hydrogens (tertiary/aromatic N) is 1. The zero-order chi connectivity index (χ0) is 14.6. The molecule has 4 nitrogen and oxygen atoms in total. The summed E-state index contributed by atoms with van der Waals surface area (Å²) in [6, 6.07) is 10.1. The van der Waals surface area contributed by atoms with Crippen molar-refractivity contribution in [2.24, 2.45) is 0 Å². The highest BCUT2D eigenvalue weighted by molar-refractivity contribution is 5.77. The third-order valence-electron chi connectivity index (χ3n) is 2.79. The molecule has 0 aromatic heterocycles. The van der Waals surface area contributed by atoms with Gasteiger partial charge in [-0.15, -0.1) is 0 Å². The third-order valence-corrected chi connectivity index (χ3v) is 2.79. The summed E-state index contributed by atoms with van der Waals surface area (Å²) in [6.45, 7) is 2.50. The summed E-state index contributed by atoms with van der Waals surface area (Å²) in [4.78, 5) is 13.6. The summed E-state index contributed by atoms with van der Waals surface area (Å²) in [7, 11) is 3.60. The second kappa shape index (κ2) is 10.2. The van der Waals surface area contributed by atoms with Crippen LogP contribution in [0, 0.1) is 0 Å². The molecule has 0 aliphatic heterocycles. The van der Waals surface area contributed by atoms with E-state index in [1.807, 2.05) is 30.1 Å². The molecule has 110 valence electrons. The minimum absolute atomic E-state index is 0.0525. The highest BCUT2D eigenvalue weighted by atomic mass is 16.5. The van der Waals surface area contributed by atoms with E-state index in [-0.39, 0.29) is 5.91 Å². The second-order valence-corrected chi connectivity index (χ2v) is 4.71. The molecule has 1 aromatic rings. The smallest absolute Gasteiger partial charge is 0.234 e. The van der Waals surface area contributed by atoms with Crippen molar-refractivity contribution in [2.75, 3.05) is 40.4 Å². The molecule has 20 heavy (non-hydrogen) atoms. The average molecular weight is 276 g/mol. The van der Waals surface area contributed by atoms with Crippen LogP contribution in [-0.2, 0) is 9.53 Å². The number of likely N-dealkylation sites (N-methyl/N-ethyl adjacent to an activating group) is 1. The lowest BCUT2D eigenvalue weighted by molar-refractivity contribution is -0.121. The van der Waals surface area contributed by atoms with E-state index in [9.17, 15) is 4.79 Å². The lowest BCUT2D eigenvalue weighted by Crippen LogP contribution is -2.35. The Bertz CT molecular complexity index is 404. The van der Waals surface area contributed by atoms with E-state index in [2.05, 4.69) is 29.6 Å². The van der Waals surface area contributed by atoms with Crippen LogP contribution in [0.5, 0.6) is 0 Å². The maximum absolute atomic E-state index is 11.6. The molecule has 4 heteroatoms. The number of hydrogen-bond donors (Lipinski definition) is 1. The maximum atomic E-state index is 11.6. The number of hydrogen-bond acceptors (Lipinski definition) is 3. The fraction of sp³-hybridized carbons (Fsp3) is 0.438. The fourth-order valence-corrected chi connectivity index (χ4v) is 1.74. The zero-order valence-corrected chi connectivity index (χ0v) is 12.3. The lowest BCUT2D eigenvalue weighted by Gasteiger charge is -2.14. The van der Waals surface area contributed by atoms with Gasteiger partial charge in [0.1, 0.15) is 0 Å². The van der Waals surface area contributed by atoms with Crippen LogP contribution in [0.2, 0.25) is 0 Å². The van der Waals surface area contributed by atoms with Gasteiger partial charge in [-0.2, -0.15) is 0 Å². The van der Waals surface area contributed by atoms with Crippen LogP contribution >= 0.6 is 0 Å². The van der Waals surface area contributed by atoms with Gasteiger partial charge in [-0.25, -0.2) is 0 Å². The van der Waals surface area contributed by atoms with Gasteiger partial charge in [-0.1, -0.05) is 42.5 Å². The Kier molecular flexibility index (Phi) is 8.35. The van der Waals surface area contributed by atoms with E-state index >= 15 is 0 Å². The van der Waals surface area contributed by atoms with E-state index in [0.717, 1.165) is 13.0 Å². The van der Waals surface area contributed by atoms with E-state index in [1.54, 1.807) is 7.11 Å². The molecule has 1 rings (SSSR count). The van der Waals surface area contributed by atoms with Crippen molar-refractivity contribution < 1.29 is 9.53 Å². The lowest BCUT2D eigenvalue weighted by atomic mass is 10.2. The Hall–Kier alpha value is -1.65. The van der Waals surface area contributed by atoms with Crippen molar-refractivity contribution in [1.82, 2.24) is 10.2 Å². The standard InChI is InChI=1S/C16H24N2O2/c1-18(14-16(19)17-11-7-13-20-2)12-6-10-15-8-4-3-5-9-15/h3-6,8-10H,7,11-14H2,1-2H3,(H,17,19)/b10-6+. The van der Waals surface area contributed by atoms with Crippen LogP contribution < -0.4 is 5.32 Å². The molecular formula is C16H24N2O2. The largest absolute Gasteiger partial charge is 0.385 e. The molecule has 0 fully saturated rings. The summed E-state index contributed by atoms with van der Waals surface area (Å²) in [5.74, 6) is 0.0525. The van der Waals surface area contributed by atoms with Crippen molar-refractivity contribution in [3.8, 4) is 0 Å². The highest BCUT2D eigenvalue weighted by Crippen LogP contribution is 2.00. The SMILES string of the molecule is COCCCNC(=O)CN(C)C/C=C/c1ccccc1. The van der Waals surface area contributed by atoms with Crippen LogP contribution in [0.15, 0.2) is 36.4 Å². The fourth-order valence-electron chi connectivity index (χ4n) is 1.74. The first kappa shape index (κ1) is 16.4. The number of benzene rings is 1. The molecular weight excluding hydrogens is 252 g/mol. The van der Waals surface area contributed by atoms with Crippen molar-refractivity contribution in [2.45, 2.75) is 6.42 Å². The molecule has 1 amide bonds. The van der Waals surface area contributed by atoms with E-state index in [1.165, 1.54) is 5.56 Å². The summed E-state index contributed by atoms with van der Waals surface area (Å²) >= 11 is 0. The molecule has 0 unspecified atom stereocenters. The number of nitrogens with one attached hydrogen (secondary N) is 1. The van der Waals surface area contributed by atoms with Gasteiger partial charge in [0.15, 0.2) is 0 Å². The first-order valence-electron chi connectivity index (χ1n) is 6.88. The molecule has 0 saturated carbocycles. The van der Waals surface area contributed by atoms with E-state index in [0.29, 0.717) is 19.7 Å². The Morgan fingerprint density at radius 2 is 2.10 bits per heavy atom. The van der Waals surface area contributed by atoms with Gasteiger partial charge >= 0.3 is 0 Å². The summed E-state index contributed by atoms with van der Waals surface area (Å²) < 4.78 is 4.93. The van der Waals surface area contributed by atoms with Crippen LogP contribution in [0.3, 0.4) is 0 Å². The minimum Gasteiger partial charge on any atom is -0.385 e. The van der Waals surface area contributed by atoms with Crippen LogP contribution in [0.25, 0.3) is 6.08 Å². The first-order chi connectivity index (χ1) is 9.72. The van der Waals surface area contributed by atoms with Gasteiger partial charge in [-0.3, -0.25) is 9.69 Å². The Morgan fingerprint density at radius 3 is 2.80 bits per heavy atom. The number of ether oxygens (including phenoxy) is 1. The summed E-state index contributed by atoms with van der Waals surface area (Å²) in [5.41, 5.74) is 1.17. The van der Waals surface area contributed by atoms with Crippen molar-refractivity contribution in [1.29, 1.82) is 0 Å². The van der Waals surface area contributed by atoms with Crippen molar-refractivity contribution >= 4 is 12.0 Å². The predicted molar refractivity (Wildman–Crippen MR) is 82.5 cm³/mol. The van der Waals surface area contributed by atoms with Crippen LogP contribution in [0.1, 0.15) is 12.0 Å². The average Bonchev–Trinajstić information content (AvgIpc) is 2.45. The Labute approximate surface area is 121 Å². The van der Waals surface area contributed by atoms with Crippen molar-refractivity contribution in [3.63, 3.8) is 0 Å². The van der Waals surface area contributed by atoms with Crippen molar-refractivity contribution in [3.05, 3.63) is 42.0 Å². The summed E-state index contributed by atoms with van der Waals surface area (Å²) in [5, 5.41) is 2.87. The van der Waals surface area contributed by atoms with Gasteiger partial charge < -0.3 is 10.1 Å². The van der Waals surface area contributed by atoms with Crippen LogP contribution in [-0.4, -0.2) is 51.2 Å². The predicted octanol–water partition coefficient (Wildman–Crippen LogP) is 1.78. The molecule has 0 saturated heterocycles. The topological polar surface area (TPSA) is 41.6 Å². The molecule has 0 aliphatic carbocycles. The number of carbonyl (C=O) groups is 1. The molecule has 1 N–H and O–H groups in total. The van der Waals surface area contributed by atoms with Gasteiger partial charge in [0.05, 0.1) is 6.54 Å². The molecule has 0 aliphatic rings. The first-order valence-corrected chi connectivity index (χ1v) is 6.88. The zero-order valence-electron chi connectivity index (χ0n) is 12.3. The quantitative estimate of drug-likeness (QED) is 0.699. The monoisotopic (exact) mass is 276 g/mol. The van der Waals surface area contributed by atoms with E-state index < -0.39 is 0 Å². The van der Waals surface area contributed by atoms with Gasteiger partial charge in [0, 0.05) is 26.8 Å².